The molecule has 1 aliphatic carbocycles. The fourth-order valence-corrected chi connectivity index (χ4v) is 1.46. The second kappa shape index (κ2) is 4.73. The number of ether oxygens (including phenoxy) is 1. The summed E-state index contributed by atoms with van der Waals surface area (Å²) in [4.78, 5) is 11.7. The fourth-order valence-electron chi connectivity index (χ4n) is 1.46. The molecule has 0 aliphatic heterocycles. The molecule has 4 nitrogen and oxygen atoms in total. The van der Waals surface area contributed by atoms with Crippen molar-refractivity contribution in [1.82, 2.24) is 0 Å². The number of carbonyl (C=O) groups excluding carboxylic acids is 1. The first-order chi connectivity index (χ1) is 8.80. The minimum absolute atomic E-state index is 0.0302. The number of nitrogens with one attached hydrogen (secondary N) is 1. The molecule has 7 heteroatoms. The maximum atomic E-state index is 12.1. The molecular formula is C12H13F3N2O2. The van der Waals surface area contributed by atoms with Gasteiger partial charge in [-0.3, -0.25) is 4.79 Å². The number of hydrogen-bond donors (Lipinski definition) is 2. The Balaban J connectivity index is 2.06. The molecule has 1 saturated carbocycles. The zero-order valence-electron chi connectivity index (χ0n) is 9.96. The van der Waals surface area contributed by atoms with E-state index < -0.39 is 24.2 Å². The summed E-state index contributed by atoms with van der Waals surface area (Å²) in [6.45, 7) is -1.41. The lowest BCUT2D eigenvalue weighted by molar-refractivity contribution is -0.153. The van der Waals surface area contributed by atoms with Crippen LogP contribution >= 0.6 is 0 Å². The molecule has 0 heterocycles. The third-order valence-corrected chi connectivity index (χ3v) is 2.77. The predicted octanol–water partition coefficient (Wildman–Crippen LogP) is 2.06. The van der Waals surface area contributed by atoms with Gasteiger partial charge in [0.05, 0.1) is 11.2 Å². The molecule has 0 saturated heterocycles. The monoisotopic (exact) mass is 274 g/mol. The van der Waals surface area contributed by atoms with Crippen LogP contribution in [0.15, 0.2) is 24.3 Å². The topological polar surface area (TPSA) is 64.4 Å². The quantitative estimate of drug-likeness (QED) is 0.883. The highest BCUT2D eigenvalue weighted by atomic mass is 19.4. The van der Waals surface area contributed by atoms with Crippen LogP contribution in [0, 0.1) is 0 Å². The van der Waals surface area contributed by atoms with Crippen molar-refractivity contribution in [3.05, 3.63) is 24.3 Å². The summed E-state index contributed by atoms with van der Waals surface area (Å²) in [5.41, 5.74) is 5.00. The van der Waals surface area contributed by atoms with E-state index in [2.05, 4.69) is 10.1 Å². The van der Waals surface area contributed by atoms with Crippen LogP contribution in [0.5, 0.6) is 5.75 Å². The molecule has 0 spiro atoms. The van der Waals surface area contributed by atoms with Gasteiger partial charge in [0, 0.05) is 0 Å². The van der Waals surface area contributed by atoms with Gasteiger partial charge < -0.3 is 15.8 Å². The van der Waals surface area contributed by atoms with Crippen LogP contribution in [-0.2, 0) is 4.79 Å². The molecule has 0 unspecified atom stereocenters. The van der Waals surface area contributed by atoms with Crippen LogP contribution in [0.4, 0.5) is 18.9 Å². The Kier molecular flexibility index (Phi) is 3.40. The number of alkyl halides is 3. The maximum Gasteiger partial charge on any atom is 0.422 e. The normalized spacial score (nSPS) is 16.8. The Morgan fingerprint density at radius 2 is 2.00 bits per heavy atom. The first kappa shape index (κ1) is 13.7. The molecule has 0 radical (unpaired) electrons. The molecule has 104 valence electrons. The first-order valence-electron chi connectivity index (χ1n) is 5.69. The Morgan fingerprint density at radius 3 is 2.58 bits per heavy atom. The van der Waals surface area contributed by atoms with Crippen molar-refractivity contribution in [2.24, 2.45) is 5.73 Å². The fraction of sp³-hybridized carbons (Fsp3) is 0.417. The Hall–Kier alpha value is -1.76. The summed E-state index contributed by atoms with van der Waals surface area (Å²) in [5.74, 6) is -0.437. The molecule has 0 aromatic heterocycles. The summed E-state index contributed by atoms with van der Waals surface area (Å²) in [5, 5.41) is 2.49. The van der Waals surface area contributed by atoms with E-state index in [4.69, 9.17) is 5.73 Å². The third kappa shape index (κ3) is 3.60. The number of para-hydroxylation sites is 2. The van der Waals surface area contributed by atoms with Gasteiger partial charge in [0.1, 0.15) is 5.75 Å². The van der Waals surface area contributed by atoms with Gasteiger partial charge in [0.15, 0.2) is 6.61 Å². The van der Waals surface area contributed by atoms with Gasteiger partial charge in [-0.25, -0.2) is 0 Å². The summed E-state index contributed by atoms with van der Waals surface area (Å²) in [6, 6.07) is 5.94. The lowest BCUT2D eigenvalue weighted by Crippen LogP contribution is -2.38. The number of benzene rings is 1. The van der Waals surface area contributed by atoms with Crippen molar-refractivity contribution in [2.45, 2.75) is 24.6 Å². The molecule has 1 aromatic carbocycles. The third-order valence-electron chi connectivity index (χ3n) is 2.77. The molecule has 1 aromatic rings. The van der Waals surface area contributed by atoms with Gasteiger partial charge in [-0.1, -0.05) is 12.1 Å². The van der Waals surface area contributed by atoms with Gasteiger partial charge >= 0.3 is 6.18 Å². The largest absolute Gasteiger partial charge is 0.482 e. The Bertz CT molecular complexity index is 484. The molecule has 1 aliphatic rings. The van der Waals surface area contributed by atoms with Gasteiger partial charge in [0.25, 0.3) is 0 Å². The van der Waals surface area contributed by atoms with Crippen LogP contribution in [0.3, 0.4) is 0 Å². The number of halogens is 3. The van der Waals surface area contributed by atoms with E-state index in [1.807, 2.05) is 0 Å². The molecule has 1 fully saturated rings. The summed E-state index contributed by atoms with van der Waals surface area (Å²) < 4.78 is 41.0. The number of nitrogens with two attached hydrogens (primary N) is 1. The van der Waals surface area contributed by atoms with Crippen LogP contribution in [0.1, 0.15) is 12.8 Å². The SMILES string of the molecule is NC1(C(=O)Nc2ccccc2OCC(F)(F)F)CC1. The summed E-state index contributed by atoms with van der Waals surface area (Å²) in [6.07, 6.45) is -3.28. The number of amides is 1. The lowest BCUT2D eigenvalue weighted by Gasteiger charge is -2.15. The van der Waals surface area contributed by atoms with E-state index >= 15 is 0 Å². The van der Waals surface area contributed by atoms with Crippen LogP contribution in [0.25, 0.3) is 0 Å². The second-order valence-corrected chi connectivity index (χ2v) is 4.51. The molecule has 19 heavy (non-hydrogen) atoms. The van der Waals surface area contributed by atoms with E-state index in [1.54, 1.807) is 6.07 Å². The average Bonchev–Trinajstić information content (AvgIpc) is 3.06. The van der Waals surface area contributed by atoms with E-state index in [9.17, 15) is 18.0 Å². The first-order valence-corrected chi connectivity index (χ1v) is 5.69. The number of anilines is 1. The van der Waals surface area contributed by atoms with E-state index in [-0.39, 0.29) is 11.4 Å². The van der Waals surface area contributed by atoms with Crippen molar-refractivity contribution in [3.63, 3.8) is 0 Å². The Morgan fingerprint density at radius 1 is 1.37 bits per heavy atom. The van der Waals surface area contributed by atoms with Crippen molar-refractivity contribution >= 4 is 11.6 Å². The van der Waals surface area contributed by atoms with E-state index in [1.165, 1.54) is 18.2 Å². The van der Waals surface area contributed by atoms with E-state index in [0.717, 1.165) is 0 Å². The summed E-state index contributed by atoms with van der Waals surface area (Å²) >= 11 is 0. The van der Waals surface area contributed by atoms with Crippen molar-refractivity contribution in [3.8, 4) is 5.75 Å². The molecule has 3 N–H and O–H groups in total. The Labute approximate surface area is 107 Å². The maximum absolute atomic E-state index is 12.1. The lowest BCUT2D eigenvalue weighted by atomic mass is 10.2. The molecule has 0 atom stereocenters. The zero-order chi connectivity index (χ0) is 14.1. The number of carbonyl (C=O) groups is 1. The minimum Gasteiger partial charge on any atom is -0.482 e. The van der Waals surface area contributed by atoms with Gasteiger partial charge in [-0.15, -0.1) is 0 Å². The predicted molar refractivity (Wildman–Crippen MR) is 62.8 cm³/mol. The average molecular weight is 274 g/mol. The van der Waals surface area contributed by atoms with E-state index in [0.29, 0.717) is 12.8 Å². The number of hydrogen-bond acceptors (Lipinski definition) is 3. The molecule has 2 rings (SSSR count). The van der Waals surface area contributed by atoms with Gasteiger partial charge in [0.2, 0.25) is 5.91 Å². The number of rotatable bonds is 4. The molecule has 0 bridgehead atoms. The van der Waals surface area contributed by atoms with Crippen molar-refractivity contribution < 1.29 is 22.7 Å². The highest BCUT2D eigenvalue weighted by Gasteiger charge is 2.46. The standard InChI is InChI=1S/C12H13F3N2O2/c13-12(14,15)7-19-9-4-2-1-3-8(9)17-10(18)11(16)5-6-11/h1-4H,5-7,16H2,(H,17,18). The van der Waals surface area contributed by atoms with Gasteiger partial charge in [-0.2, -0.15) is 13.2 Å². The molecule has 1 amide bonds. The van der Waals surface area contributed by atoms with Crippen LogP contribution in [0.2, 0.25) is 0 Å². The zero-order valence-corrected chi connectivity index (χ0v) is 9.96. The van der Waals surface area contributed by atoms with Crippen molar-refractivity contribution in [1.29, 1.82) is 0 Å². The highest BCUT2D eigenvalue weighted by Crippen LogP contribution is 2.35. The summed E-state index contributed by atoms with van der Waals surface area (Å²) in [7, 11) is 0. The smallest absolute Gasteiger partial charge is 0.422 e. The second-order valence-electron chi connectivity index (χ2n) is 4.51. The molecular weight excluding hydrogens is 261 g/mol. The highest BCUT2D eigenvalue weighted by molar-refractivity contribution is 6.00. The minimum atomic E-state index is -4.43. The van der Waals surface area contributed by atoms with Gasteiger partial charge in [-0.05, 0) is 25.0 Å². The van der Waals surface area contributed by atoms with Crippen molar-refractivity contribution in [2.75, 3.05) is 11.9 Å². The van der Waals surface area contributed by atoms with Crippen LogP contribution < -0.4 is 15.8 Å². The van der Waals surface area contributed by atoms with Crippen LogP contribution in [-0.4, -0.2) is 24.2 Å².